The summed E-state index contributed by atoms with van der Waals surface area (Å²) in [6.45, 7) is 7.43. The first kappa shape index (κ1) is 12.4. The summed E-state index contributed by atoms with van der Waals surface area (Å²) < 4.78 is 0. The lowest BCUT2D eigenvalue weighted by Gasteiger charge is -2.26. The third kappa shape index (κ3) is 2.97. The lowest BCUT2D eigenvalue weighted by Crippen LogP contribution is -2.28. The molecule has 1 saturated heterocycles. The first-order valence-corrected chi connectivity index (χ1v) is 6.51. The van der Waals surface area contributed by atoms with Gasteiger partial charge in [-0.25, -0.2) is 4.98 Å². The lowest BCUT2D eigenvalue weighted by atomic mass is 9.86. The average Bonchev–Trinajstić information content (AvgIpc) is 2.83. The molecule has 0 unspecified atom stereocenters. The molecular weight excluding hydrogens is 210 g/mol. The minimum atomic E-state index is 0.150. The molecule has 2 rings (SSSR count). The number of pyridine rings is 1. The van der Waals surface area contributed by atoms with E-state index in [4.69, 9.17) is 5.73 Å². The van der Waals surface area contributed by atoms with Gasteiger partial charge in [-0.1, -0.05) is 19.9 Å². The van der Waals surface area contributed by atoms with Gasteiger partial charge in [-0.05, 0) is 42.9 Å². The molecule has 0 bridgehead atoms. The molecule has 0 amide bonds. The van der Waals surface area contributed by atoms with Crippen molar-refractivity contribution in [3.05, 3.63) is 23.9 Å². The molecule has 0 aromatic carbocycles. The number of nitrogens with zero attached hydrogens (tertiary/aromatic N) is 2. The molecule has 2 N–H and O–H groups in total. The van der Waals surface area contributed by atoms with Crippen molar-refractivity contribution >= 4 is 5.82 Å². The van der Waals surface area contributed by atoms with E-state index < -0.39 is 0 Å². The summed E-state index contributed by atoms with van der Waals surface area (Å²) >= 11 is 0. The summed E-state index contributed by atoms with van der Waals surface area (Å²) in [5, 5.41) is 0. The maximum absolute atomic E-state index is 5.82. The van der Waals surface area contributed by atoms with Gasteiger partial charge < -0.3 is 10.6 Å². The van der Waals surface area contributed by atoms with E-state index in [2.05, 4.69) is 29.8 Å². The van der Waals surface area contributed by atoms with Crippen LogP contribution in [0.25, 0.3) is 0 Å². The van der Waals surface area contributed by atoms with E-state index in [0.29, 0.717) is 6.54 Å². The Labute approximate surface area is 104 Å². The highest BCUT2D eigenvalue weighted by Gasteiger charge is 2.22. The van der Waals surface area contributed by atoms with Gasteiger partial charge in [0.2, 0.25) is 0 Å². The molecule has 0 radical (unpaired) electrons. The van der Waals surface area contributed by atoms with Gasteiger partial charge in [0.1, 0.15) is 5.82 Å². The van der Waals surface area contributed by atoms with E-state index in [1.807, 2.05) is 12.3 Å². The highest BCUT2D eigenvalue weighted by atomic mass is 15.2. The van der Waals surface area contributed by atoms with Crippen LogP contribution in [0.3, 0.4) is 0 Å². The monoisotopic (exact) mass is 233 g/mol. The van der Waals surface area contributed by atoms with Gasteiger partial charge in [-0.2, -0.15) is 0 Å². The Morgan fingerprint density at radius 3 is 2.71 bits per heavy atom. The van der Waals surface area contributed by atoms with Crippen LogP contribution in [-0.2, 0) is 6.42 Å². The normalized spacial score (nSPS) is 16.5. The van der Waals surface area contributed by atoms with Crippen LogP contribution in [0.15, 0.2) is 18.3 Å². The zero-order valence-electron chi connectivity index (χ0n) is 10.9. The Morgan fingerprint density at radius 2 is 2.06 bits per heavy atom. The molecule has 94 valence electrons. The second-order valence-corrected chi connectivity index (χ2v) is 5.73. The van der Waals surface area contributed by atoms with Crippen LogP contribution in [-0.4, -0.2) is 24.6 Å². The van der Waals surface area contributed by atoms with Crippen molar-refractivity contribution in [1.29, 1.82) is 0 Å². The van der Waals surface area contributed by atoms with Gasteiger partial charge in [-0.3, -0.25) is 0 Å². The second kappa shape index (κ2) is 5.05. The molecule has 0 atom stereocenters. The largest absolute Gasteiger partial charge is 0.356 e. The number of rotatable bonds is 4. The second-order valence-electron chi connectivity index (χ2n) is 5.73. The molecule has 3 heteroatoms. The summed E-state index contributed by atoms with van der Waals surface area (Å²) in [5.74, 6) is 1.17. The van der Waals surface area contributed by atoms with E-state index >= 15 is 0 Å². The zero-order valence-corrected chi connectivity index (χ0v) is 10.9. The fourth-order valence-corrected chi connectivity index (χ4v) is 2.37. The van der Waals surface area contributed by atoms with Crippen molar-refractivity contribution in [3.8, 4) is 0 Å². The quantitative estimate of drug-likeness (QED) is 0.867. The van der Waals surface area contributed by atoms with Crippen molar-refractivity contribution in [1.82, 2.24) is 4.98 Å². The van der Waals surface area contributed by atoms with Crippen LogP contribution in [0.1, 0.15) is 32.3 Å². The maximum Gasteiger partial charge on any atom is 0.131 e. The van der Waals surface area contributed by atoms with Crippen molar-refractivity contribution in [2.45, 2.75) is 33.1 Å². The summed E-state index contributed by atoms with van der Waals surface area (Å²) in [5.41, 5.74) is 7.31. The third-order valence-electron chi connectivity index (χ3n) is 3.49. The number of anilines is 1. The van der Waals surface area contributed by atoms with E-state index in [-0.39, 0.29) is 5.41 Å². The summed E-state index contributed by atoms with van der Waals surface area (Å²) in [7, 11) is 0. The number of hydrogen-bond acceptors (Lipinski definition) is 3. The van der Waals surface area contributed by atoms with Crippen LogP contribution in [0.5, 0.6) is 0 Å². The molecule has 2 heterocycles. The first-order chi connectivity index (χ1) is 8.12. The van der Waals surface area contributed by atoms with Gasteiger partial charge in [0.05, 0.1) is 0 Å². The minimum Gasteiger partial charge on any atom is -0.356 e. The Balaban J connectivity index is 2.21. The third-order valence-corrected chi connectivity index (χ3v) is 3.49. The van der Waals surface area contributed by atoms with Crippen molar-refractivity contribution in [2.24, 2.45) is 11.1 Å². The van der Waals surface area contributed by atoms with Crippen LogP contribution in [0.2, 0.25) is 0 Å². The topological polar surface area (TPSA) is 42.1 Å². The Hall–Kier alpha value is -1.09. The predicted octanol–water partition coefficient (Wildman–Crippen LogP) is 2.21. The molecule has 1 aliphatic heterocycles. The van der Waals surface area contributed by atoms with E-state index in [1.165, 1.54) is 24.2 Å². The first-order valence-electron chi connectivity index (χ1n) is 6.51. The average molecular weight is 233 g/mol. The van der Waals surface area contributed by atoms with Crippen LogP contribution >= 0.6 is 0 Å². The lowest BCUT2D eigenvalue weighted by molar-refractivity contribution is 0.376. The van der Waals surface area contributed by atoms with Gasteiger partial charge in [-0.15, -0.1) is 0 Å². The molecule has 0 aliphatic carbocycles. The predicted molar refractivity (Wildman–Crippen MR) is 72.2 cm³/mol. The molecular formula is C14H23N3. The molecule has 3 nitrogen and oxygen atoms in total. The van der Waals surface area contributed by atoms with Crippen molar-refractivity contribution in [3.63, 3.8) is 0 Å². The summed E-state index contributed by atoms with van der Waals surface area (Å²) in [6, 6.07) is 4.22. The number of hydrogen-bond donors (Lipinski definition) is 1. The Bertz CT molecular complexity index is 367. The molecule has 1 aromatic rings. The fraction of sp³-hybridized carbons (Fsp3) is 0.643. The highest BCUT2D eigenvalue weighted by molar-refractivity contribution is 5.47. The van der Waals surface area contributed by atoms with E-state index in [0.717, 1.165) is 19.5 Å². The van der Waals surface area contributed by atoms with Crippen molar-refractivity contribution in [2.75, 3.05) is 24.5 Å². The molecule has 0 spiro atoms. The maximum atomic E-state index is 5.82. The van der Waals surface area contributed by atoms with Crippen LogP contribution < -0.4 is 10.6 Å². The molecule has 17 heavy (non-hydrogen) atoms. The molecule has 1 aliphatic rings. The molecule has 0 saturated carbocycles. The van der Waals surface area contributed by atoms with Crippen LogP contribution in [0.4, 0.5) is 5.82 Å². The number of nitrogens with two attached hydrogens (primary N) is 1. The highest BCUT2D eigenvalue weighted by Crippen LogP contribution is 2.28. The fourth-order valence-electron chi connectivity index (χ4n) is 2.37. The number of aromatic nitrogens is 1. The van der Waals surface area contributed by atoms with E-state index in [1.54, 1.807) is 0 Å². The SMILES string of the molecule is CC(C)(CN)Cc1cccnc1N1CCCC1. The Morgan fingerprint density at radius 1 is 1.35 bits per heavy atom. The van der Waals surface area contributed by atoms with Gasteiger partial charge >= 0.3 is 0 Å². The van der Waals surface area contributed by atoms with Gasteiger partial charge in [0.25, 0.3) is 0 Å². The molecule has 1 fully saturated rings. The summed E-state index contributed by atoms with van der Waals surface area (Å²) in [4.78, 5) is 6.97. The van der Waals surface area contributed by atoms with Gasteiger partial charge in [0.15, 0.2) is 0 Å². The van der Waals surface area contributed by atoms with Gasteiger partial charge in [0, 0.05) is 19.3 Å². The smallest absolute Gasteiger partial charge is 0.131 e. The van der Waals surface area contributed by atoms with E-state index in [9.17, 15) is 0 Å². The zero-order chi connectivity index (χ0) is 12.3. The minimum absolute atomic E-state index is 0.150. The molecule has 1 aromatic heterocycles. The standard InChI is InChI=1S/C14H23N3/c1-14(2,11-15)10-12-6-5-7-16-13(12)17-8-3-4-9-17/h5-7H,3-4,8-11,15H2,1-2H3. The summed E-state index contributed by atoms with van der Waals surface area (Å²) in [6.07, 6.45) is 5.47. The van der Waals surface area contributed by atoms with Crippen LogP contribution in [0, 0.1) is 5.41 Å². The van der Waals surface area contributed by atoms with Crippen molar-refractivity contribution < 1.29 is 0 Å². The Kier molecular flexibility index (Phi) is 3.67.